The highest BCUT2D eigenvalue weighted by atomic mass is 16.1. The summed E-state index contributed by atoms with van der Waals surface area (Å²) in [5, 5.41) is 2.90. The van der Waals surface area contributed by atoms with E-state index in [9.17, 15) is 4.79 Å². The topological polar surface area (TPSA) is 29.1 Å². The van der Waals surface area contributed by atoms with Gasteiger partial charge in [-0.1, -0.05) is 26.3 Å². The quantitative estimate of drug-likeness (QED) is 0.636. The first kappa shape index (κ1) is 9.30. The number of rotatable bonds is 4. The predicted octanol–water partition coefficient (Wildman–Crippen LogP) is 1.87. The molecule has 68 valence electrons. The zero-order valence-electron chi connectivity index (χ0n) is 7.68. The van der Waals surface area contributed by atoms with E-state index in [4.69, 9.17) is 0 Å². The molecule has 1 aliphatic rings. The number of nitrogens with one attached hydrogen (secondary N) is 1. The third-order valence-corrected chi connectivity index (χ3v) is 2.46. The Morgan fingerprint density at radius 1 is 1.67 bits per heavy atom. The third kappa shape index (κ3) is 2.36. The fraction of sp³-hybridized carbons (Fsp3) is 0.700. The lowest BCUT2D eigenvalue weighted by atomic mass is 9.77. The standard InChI is InChI=1S/C10H17NO/c1-3-5-8-6-9(7-8)11-10(12)4-2/h4,8-9H,2-3,5-7H2,1H3,(H,11,12). The molecule has 0 aromatic rings. The molecule has 0 unspecified atom stereocenters. The average molecular weight is 167 g/mol. The van der Waals surface area contributed by atoms with Crippen LogP contribution in [0.15, 0.2) is 12.7 Å². The molecule has 0 heterocycles. The van der Waals surface area contributed by atoms with Crippen LogP contribution in [-0.4, -0.2) is 11.9 Å². The molecule has 1 rings (SSSR count). The molecule has 0 saturated heterocycles. The SMILES string of the molecule is C=CC(=O)NC1CC(CCC)C1. The van der Waals surface area contributed by atoms with Crippen LogP contribution in [-0.2, 0) is 4.79 Å². The van der Waals surface area contributed by atoms with Crippen LogP contribution in [0.3, 0.4) is 0 Å². The molecule has 1 saturated carbocycles. The normalized spacial score (nSPS) is 27.4. The average Bonchev–Trinajstić information content (AvgIpc) is 2.00. The van der Waals surface area contributed by atoms with Gasteiger partial charge in [0.05, 0.1) is 0 Å². The summed E-state index contributed by atoms with van der Waals surface area (Å²) in [6.45, 7) is 5.62. The summed E-state index contributed by atoms with van der Waals surface area (Å²) in [6, 6.07) is 0.423. The van der Waals surface area contributed by atoms with E-state index in [1.54, 1.807) is 0 Å². The van der Waals surface area contributed by atoms with Gasteiger partial charge in [0, 0.05) is 6.04 Å². The van der Waals surface area contributed by atoms with Crippen LogP contribution in [0, 0.1) is 5.92 Å². The fourth-order valence-electron chi connectivity index (χ4n) is 1.76. The van der Waals surface area contributed by atoms with Crippen LogP contribution >= 0.6 is 0 Å². The Hall–Kier alpha value is -0.790. The number of hydrogen-bond acceptors (Lipinski definition) is 1. The molecule has 1 N–H and O–H groups in total. The first-order chi connectivity index (χ1) is 5.76. The van der Waals surface area contributed by atoms with Crippen molar-refractivity contribution >= 4 is 5.91 Å². The fourth-order valence-corrected chi connectivity index (χ4v) is 1.76. The molecular formula is C10H17NO. The Labute approximate surface area is 74.0 Å². The molecule has 1 amide bonds. The maximum absolute atomic E-state index is 10.9. The summed E-state index contributed by atoms with van der Waals surface area (Å²) in [7, 11) is 0. The summed E-state index contributed by atoms with van der Waals surface area (Å²) < 4.78 is 0. The lowest BCUT2D eigenvalue weighted by molar-refractivity contribution is -0.118. The van der Waals surface area contributed by atoms with Crippen LogP contribution in [0.25, 0.3) is 0 Å². The summed E-state index contributed by atoms with van der Waals surface area (Å²) in [5.41, 5.74) is 0. The summed E-state index contributed by atoms with van der Waals surface area (Å²) in [6.07, 6.45) is 6.22. The van der Waals surface area contributed by atoms with E-state index < -0.39 is 0 Å². The lowest BCUT2D eigenvalue weighted by Crippen LogP contribution is -2.43. The van der Waals surface area contributed by atoms with Crippen molar-refractivity contribution in [2.24, 2.45) is 5.92 Å². The van der Waals surface area contributed by atoms with Crippen LogP contribution in [0.5, 0.6) is 0 Å². The Bertz CT molecular complexity index is 171. The van der Waals surface area contributed by atoms with Gasteiger partial charge in [0.15, 0.2) is 0 Å². The van der Waals surface area contributed by atoms with E-state index in [0.29, 0.717) is 6.04 Å². The minimum absolute atomic E-state index is 0.0325. The van der Waals surface area contributed by atoms with Crippen LogP contribution < -0.4 is 5.32 Å². The summed E-state index contributed by atoms with van der Waals surface area (Å²) in [4.78, 5) is 10.9. The second-order valence-corrected chi connectivity index (χ2v) is 3.54. The summed E-state index contributed by atoms with van der Waals surface area (Å²) in [5.74, 6) is 0.820. The first-order valence-electron chi connectivity index (χ1n) is 4.69. The molecular weight excluding hydrogens is 150 g/mol. The molecule has 1 fully saturated rings. The maximum Gasteiger partial charge on any atom is 0.243 e. The third-order valence-electron chi connectivity index (χ3n) is 2.46. The smallest absolute Gasteiger partial charge is 0.243 e. The Morgan fingerprint density at radius 2 is 2.33 bits per heavy atom. The molecule has 2 heteroatoms. The van der Waals surface area contributed by atoms with E-state index in [2.05, 4.69) is 18.8 Å². The van der Waals surface area contributed by atoms with E-state index in [1.165, 1.54) is 18.9 Å². The van der Waals surface area contributed by atoms with Crippen molar-refractivity contribution in [1.82, 2.24) is 5.32 Å². The van der Waals surface area contributed by atoms with Crippen molar-refractivity contribution < 1.29 is 4.79 Å². The Kier molecular flexibility index (Phi) is 3.32. The molecule has 2 nitrogen and oxygen atoms in total. The molecule has 1 aliphatic carbocycles. The van der Waals surface area contributed by atoms with Gasteiger partial charge in [-0.25, -0.2) is 0 Å². The van der Waals surface area contributed by atoms with Crippen molar-refractivity contribution in [2.75, 3.05) is 0 Å². The lowest BCUT2D eigenvalue weighted by Gasteiger charge is -2.35. The van der Waals surface area contributed by atoms with Gasteiger partial charge >= 0.3 is 0 Å². The van der Waals surface area contributed by atoms with Crippen molar-refractivity contribution in [2.45, 2.75) is 38.6 Å². The van der Waals surface area contributed by atoms with Gasteiger partial charge in [0.2, 0.25) is 5.91 Å². The van der Waals surface area contributed by atoms with Gasteiger partial charge < -0.3 is 5.32 Å². The molecule has 0 bridgehead atoms. The zero-order chi connectivity index (χ0) is 8.97. The maximum atomic E-state index is 10.9. The number of hydrogen-bond donors (Lipinski definition) is 1. The molecule has 0 atom stereocenters. The Morgan fingerprint density at radius 3 is 2.83 bits per heavy atom. The number of amides is 1. The van der Waals surface area contributed by atoms with Gasteiger partial charge in [-0.15, -0.1) is 0 Å². The molecule has 0 aromatic heterocycles. The van der Waals surface area contributed by atoms with Crippen molar-refractivity contribution in [3.05, 3.63) is 12.7 Å². The van der Waals surface area contributed by atoms with Gasteiger partial charge in [-0.05, 0) is 24.8 Å². The second kappa shape index (κ2) is 4.29. The molecule has 0 radical (unpaired) electrons. The molecule has 0 aromatic carbocycles. The van der Waals surface area contributed by atoms with E-state index in [0.717, 1.165) is 18.8 Å². The highest BCUT2D eigenvalue weighted by Crippen LogP contribution is 2.30. The number of carbonyl (C=O) groups excluding carboxylic acids is 1. The van der Waals surface area contributed by atoms with E-state index in [1.807, 2.05) is 0 Å². The van der Waals surface area contributed by atoms with Crippen molar-refractivity contribution in [3.63, 3.8) is 0 Å². The first-order valence-corrected chi connectivity index (χ1v) is 4.69. The van der Waals surface area contributed by atoms with Gasteiger partial charge in [-0.3, -0.25) is 4.79 Å². The molecule has 0 aliphatic heterocycles. The van der Waals surface area contributed by atoms with Crippen molar-refractivity contribution in [3.8, 4) is 0 Å². The van der Waals surface area contributed by atoms with Crippen LogP contribution in [0.2, 0.25) is 0 Å². The van der Waals surface area contributed by atoms with Gasteiger partial charge in [0.25, 0.3) is 0 Å². The highest BCUT2D eigenvalue weighted by Gasteiger charge is 2.28. The monoisotopic (exact) mass is 167 g/mol. The van der Waals surface area contributed by atoms with Crippen LogP contribution in [0.4, 0.5) is 0 Å². The summed E-state index contributed by atoms with van der Waals surface area (Å²) >= 11 is 0. The molecule has 0 spiro atoms. The van der Waals surface area contributed by atoms with Crippen LogP contribution in [0.1, 0.15) is 32.6 Å². The van der Waals surface area contributed by atoms with Gasteiger partial charge in [-0.2, -0.15) is 0 Å². The second-order valence-electron chi connectivity index (χ2n) is 3.54. The predicted molar refractivity (Wildman–Crippen MR) is 49.8 cm³/mol. The highest BCUT2D eigenvalue weighted by molar-refractivity contribution is 5.87. The van der Waals surface area contributed by atoms with Gasteiger partial charge in [0.1, 0.15) is 0 Å². The minimum atomic E-state index is -0.0325. The van der Waals surface area contributed by atoms with E-state index >= 15 is 0 Å². The minimum Gasteiger partial charge on any atom is -0.350 e. The molecule has 12 heavy (non-hydrogen) atoms. The zero-order valence-corrected chi connectivity index (χ0v) is 7.68. The number of carbonyl (C=O) groups is 1. The Balaban J connectivity index is 2.09. The van der Waals surface area contributed by atoms with Crippen molar-refractivity contribution in [1.29, 1.82) is 0 Å². The van der Waals surface area contributed by atoms with E-state index in [-0.39, 0.29) is 5.91 Å². The largest absolute Gasteiger partial charge is 0.350 e.